The molecule has 35 heavy (non-hydrogen) atoms. The first-order valence-corrected chi connectivity index (χ1v) is 14.3. The lowest BCUT2D eigenvalue weighted by Gasteiger charge is -2.60. The third-order valence-electron chi connectivity index (χ3n) is 11.7. The summed E-state index contributed by atoms with van der Waals surface area (Å²) >= 11 is 0. The minimum atomic E-state index is -0.480. The number of fused-ring (bicyclic) bond motifs is 1. The highest BCUT2D eigenvalue weighted by atomic mass is 16.5. The van der Waals surface area contributed by atoms with Gasteiger partial charge in [-0.2, -0.15) is 0 Å². The van der Waals surface area contributed by atoms with Crippen molar-refractivity contribution >= 4 is 5.97 Å². The fourth-order valence-electron chi connectivity index (χ4n) is 10.2. The van der Waals surface area contributed by atoms with Crippen LogP contribution < -0.4 is 5.32 Å². The molecule has 1 heterocycles. The lowest BCUT2D eigenvalue weighted by molar-refractivity contribution is -0.145. The van der Waals surface area contributed by atoms with Gasteiger partial charge < -0.3 is 20.3 Å². The Morgan fingerprint density at radius 3 is 2.37 bits per heavy atom. The van der Waals surface area contributed by atoms with Crippen molar-refractivity contribution < 1.29 is 19.7 Å². The van der Waals surface area contributed by atoms with Crippen molar-refractivity contribution in [2.75, 3.05) is 19.8 Å². The molecule has 0 spiro atoms. The molecule has 5 fully saturated rings. The van der Waals surface area contributed by atoms with Gasteiger partial charge in [0.2, 0.25) is 0 Å². The Kier molecular flexibility index (Phi) is 6.01. The van der Waals surface area contributed by atoms with Crippen molar-refractivity contribution in [3.8, 4) is 0 Å². The number of hydrogen-bond acceptors (Lipinski definition) is 5. The van der Waals surface area contributed by atoms with Crippen molar-refractivity contribution in [1.29, 1.82) is 0 Å². The predicted octanol–water partition coefficient (Wildman–Crippen LogP) is 4.53. The second kappa shape index (κ2) is 8.70. The number of carbonyl (C=O) groups excluding carboxylic acids is 1. The Labute approximate surface area is 210 Å². The molecule has 0 aromatic heterocycles. The van der Waals surface area contributed by atoms with Crippen molar-refractivity contribution in [3.63, 3.8) is 0 Å². The first kappa shape index (κ1) is 24.2. The average molecular weight is 484 g/mol. The molecule has 6 aliphatic carbocycles. The fourth-order valence-corrected chi connectivity index (χ4v) is 10.2. The van der Waals surface area contributed by atoms with Gasteiger partial charge in [-0.15, -0.1) is 0 Å². The Morgan fingerprint density at radius 1 is 1.09 bits per heavy atom. The summed E-state index contributed by atoms with van der Waals surface area (Å²) in [5.74, 6) is 3.21. The van der Waals surface area contributed by atoms with E-state index in [-0.39, 0.29) is 23.9 Å². The minimum Gasteiger partial charge on any atom is -0.458 e. The van der Waals surface area contributed by atoms with Crippen LogP contribution >= 0.6 is 0 Å². The molecule has 0 aromatic rings. The maximum Gasteiger partial charge on any atom is 0.334 e. The van der Waals surface area contributed by atoms with Crippen LogP contribution in [0.4, 0.5) is 0 Å². The standard InChI is InChI=1S/C30H45NO4/c1-28-9-7-26(33)29(2,18-32)25(28)6-4-23(24(28)5-3-22-8-10-35-27(22)34)17-31-30-14-19-11-20(15-30)13-21(12-19)16-30/h4,8,19-21,24-26,31-33H,3,5-7,9-18H2,1-2H3/t19?,20?,21?,24-,25+,26-,28+,29+,30?/m1/s1. The molecule has 0 amide bonds. The normalized spacial score (nSPS) is 48.4. The maximum absolute atomic E-state index is 12.2. The van der Waals surface area contributed by atoms with E-state index in [9.17, 15) is 15.0 Å². The van der Waals surface area contributed by atoms with Crippen LogP contribution in [0.3, 0.4) is 0 Å². The van der Waals surface area contributed by atoms with E-state index in [0.717, 1.165) is 62.0 Å². The summed E-state index contributed by atoms with van der Waals surface area (Å²) in [7, 11) is 0. The quantitative estimate of drug-likeness (QED) is 0.366. The third kappa shape index (κ3) is 3.95. The van der Waals surface area contributed by atoms with Gasteiger partial charge in [-0.1, -0.05) is 25.5 Å². The summed E-state index contributed by atoms with van der Waals surface area (Å²) in [6.07, 6.45) is 16.7. The average Bonchev–Trinajstić information content (AvgIpc) is 3.23. The lowest BCUT2D eigenvalue weighted by atomic mass is 9.47. The van der Waals surface area contributed by atoms with Crippen molar-refractivity contribution in [2.24, 2.45) is 40.4 Å². The van der Waals surface area contributed by atoms with Gasteiger partial charge in [0.05, 0.1) is 12.7 Å². The van der Waals surface area contributed by atoms with E-state index in [1.807, 2.05) is 6.08 Å². The molecule has 0 aromatic carbocycles. The molecule has 7 rings (SSSR count). The second-order valence-corrected chi connectivity index (χ2v) is 13.8. The van der Waals surface area contributed by atoms with E-state index in [1.165, 1.54) is 44.1 Å². The number of carbonyl (C=O) groups is 1. The second-order valence-electron chi connectivity index (χ2n) is 13.8. The number of esters is 1. The van der Waals surface area contributed by atoms with E-state index in [4.69, 9.17) is 4.74 Å². The van der Waals surface area contributed by atoms with Gasteiger partial charge >= 0.3 is 5.97 Å². The van der Waals surface area contributed by atoms with Gasteiger partial charge in [-0.25, -0.2) is 4.79 Å². The molecule has 7 aliphatic rings. The smallest absolute Gasteiger partial charge is 0.334 e. The van der Waals surface area contributed by atoms with Crippen LogP contribution in [0, 0.1) is 40.4 Å². The Bertz CT molecular complexity index is 888. The molecule has 5 saturated carbocycles. The van der Waals surface area contributed by atoms with E-state index >= 15 is 0 Å². The first-order chi connectivity index (χ1) is 16.7. The number of hydrogen-bond donors (Lipinski definition) is 3. The number of allylic oxidation sites excluding steroid dienone is 1. The van der Waals surface area contributed by atoms with E-state index in [1.54, 1.807) is 0 Å². The zero-order chi connectivity index (χ0) is 24.4. The molecular weight excluding hydrogens is 438 g/mol. The number of nitrogens with one attached hydrogen (secondary N) is 1. The molecule has 3 N–H and O–H groups in total. The van der Waals surface area contributed by atoms with Crippen molar-refractivity contribution in [2.45, 2.75) is 96.1 Å². The maximum atomic E-state index is 12.2. The molecule has 1 aliphatic heterocycles. The summed E-state index contributed by atoms with van der Waals surface area (Å²) in [6.45, 7) is 5.86. The Hall–Kier alpha value is -1.17. The summed E-state index contributed by atoms with van der Waals surface area (Å²) in [4.78, 5) is 12.2. The number of aliphatic hydroxyl groups excluding tert-OH is 2. The molecule has 194 valence electrons. The van der Waals surface area contributed by atoms with Gasteiger partial charge in [0.25, 0.3) is 0 Å². The molecule has 5 nitrogen and oxygen atoms in total. The number of ether oxygens (including phenoxy) is 1. The monoisotopic (exact) mass is 483 g/mol. The number of cyclic esters (lactones) is 1. The fraction of sp³-hybridized carbons (Fsp3) is 0.833. The van der Waals surface area contributed by atoms with Crippen molar-refractivity contribution in [1.82, 2.24) is 5.32 Å². The first-order valence-electron chi connectivity index (χ1n) is 14.3. The van der Waals surface area contributed by atoms with Gasteiger partial charge in [-0.05, 0) is 112 Å². The van der Waals surface area contributed by atoms with Crippen LogP contribution in [0.15, 0.2) is 23.3 Å². The highest BCUT2D eigenvalue weighted by molar-refractivity contribution is 5.90. The molecule has 5 atom stereocenters. The van der Waals surface area contributed by atoms with Crippen LogP contribution in [-0.4, -0.2) is 47.6 Å². The summed E-state index contributed by atoms with van der Waals surface area (Å²) in [6, 6.07) is 0. The topological polar surface area (TPSA) is 78.8 Å². The molecule has 0 unspecified atom stereocenters. The van der Waals surface area contributed by atoms with Crippen LogP contribution in [0.25, 0.3) is 0 Å². The summed E-state index contributed by atoms with van der Waals surface area (Å²) < 4.78 is 5.19. The number of rotatable bonds is 7. The number of aliphatic hydroxyl groups is 2. The zero-order valence-corrected chi connectivity index (χ0v) is 21.7. The van der Waals surface area contributed by atoms with Crippen molar-refractivity contribution in [3.05, 3.63) is 23.3 Å². The predicted molar refractivity (Wildman–Crippen MR) is 135 cm³/mol. The van der Waals surface area contributed by atoms with Gasteiger partial charge in [0.1, 0.15) is 6.61 Å². The van der Waals surface area contributed by atoms with E-state index < -0.39 is 11.5 Å². The van der Waals surface area contributed by atoms with Gasteiger partial charge in [-0.3, -0.25) is 0 Å². The van der Waals surface area contributed by atoms with Crippen LogP contribution in [0.2, 0.25) is 0 Å². The summed E-state index contributed by atoms with van der Waals surface area (Å²) in [5.41, 5.74) is 2.19. The highest BCUT2D eigenvalue weighted by Gasteiger charge is 2.57. The zero-order valence-electron chi connectivity index (χ0n) is 21.7. The third-order valence-corrected chi connectivity index (χ3v) is 11.7. The van der Waals surface area contributed by atoms with Crippen LogP contribution in [0.1, 0.15) is 84.5 Å². The molecule has 4 bridgehead atoms. The lowest BCUT2D eigenvalue weighted by Crippen LogP contribution is -2.60. The largest absolute Gasteiger partial charge is 0.458 e. The molecule has 0 radical (unpaired) electrons. The van der Waals surface area contributed by atoms with Crippen LogP contribution in [0.5, 0.6) is 0 Å². The van der Waals surface area contributed by atoms with Gasteiger partial charge in [0.15, 0.2) is 0 Å². The van der Waals surface area contributed by atoms with E-state index in [2.05, 4.69) is 25.2 Å². The van der Waals surface area contributed by atoms with E-state index in [0.29, 0.717) is 18.1 Å². The molecule has 0 saturated heterocycles. The molecular formula is C30H45NO4. The Balaban J connectivity index is 1.25. The minimum absolute atomic E-state index is 0.00696. The Morgan fingerprint density at radius 2 is 1.77 bits per heavy atom. The summed E-state index contributed by atoms with van der Waals surface area (Å²) in [5, 5.41) is 25.5. The highest BCUT2D eigenvalue weighted by Crippen LogP contribution is 2.61. The van der Waals surface area contributed by atoms with Gasteiger partial charge in [0, 0.05) is 23.1 Å². The molecule has 5 heteroatoms. The van der Waals surface area contributed by atoms with Crippen LogP contribution in [-0.2, 0) is 9.53 Å². The SMILES string of the molecule is C[C@]1(CO)[C@H]2CC=C(CNC34CC5CC(CC(C5)C3)C4)[C@@H](CCC3=CCOC3=O)[C@]2(C)CC[C@H]1O.